The summed E-state index contributed by atoms with van der Waals surface area (Å²) in [5.74, 6) is -0.439. The van der Waals surface area contributed by atoms with Gasteiger partial charge in [-0.15, -0.1) is 0 Å². The molecule has 1 saturated heterocycles. The predicted molar refractivity (Wildman–Crippen MR) is 152 cm³/mol. The maximum Gasteiger partial charge on any atom is 0.327 e. The summed E-state index contributed by atoms with van der Waals surface area (Å²) >= 11 is 6.08. The topological polar surface area (TPSA) is 90.4 Å². The van der Waals surface area contributed by atoms with Crippen molar-refractivity contribution in [2.24, 2.45) is 11.8 Å². The number of benzene rings is 2. The molecule has 41 heavy (non-hydrogen) atoms. The lowest BCUT2D eigenvalue weighted by Crippen LogP contribution is -2.35. The van der Waals surface area contributed by atoms with Crippen LogP contribution in [0.1, 0.15) is 60.4 Å². The first-order valence-corrected chi connectivity index (χ1v) is 14.7. The normalized spacial score (nSPS) is 22.5. The fourth-order valence-corrected chi connectivity index (χ4v) is 6.73. The molecule has 2 aromatic rings. The Bertz CT molecular complexity index is 1330. The molecule has 3 amide bonds. The number of urea groups is 1. The van der Waals surface area contributed by atoms with Gasteiger partial charge in [0.2, 0.25) is 5.91 Å². The summed E-state index contributed by atoms with van der Waals surface area (Å²) in [6.07, 6.45) is 4.56. The van der Waals surface area contributed by atoms with E-state index in [1.165, 1.54) is 9.80 Å². The number of carboxylic acids is 1. The molecule has 8 nitrogen and oxygen atoms in total. The molecule has 1 heterocycles. The van der Waals surface area contributed by atoms with Crippen LogP contribution in [0.4, 0.5) is 9.18 Å². The van der Waals surface area contributed by atoms with Gasteiger partial charge in [-0.25, -0.2) is 9.18 Å². The molecule has 10 heteroatoms. The van der Waals surface area contributed by atoms with Crippen molar-refractivity contribution in [3.63, 3.8) is 0 Å². The minimum atomic E-state index is -0.707. The first-order valence-electron chi connectivity index (χ1n) is 14.3. The molecule has 5 rings (SSSR count). The van der Waals surface area contributed by atoms with E-state index in [9.17, 15) is 23.9 Å². The van der Waals surface area contributed by atoms with Gasteiger partial charge in [-0.1, -0.05) is 29.8 Å². The quantitative estimate of drug-likeness (QED) is 0.373. The minimum Gasteiger partial charge on any atom is -0.491 e. The second kappa shape index (κ2) is 12.4. The largest absolute Gasteiger partial charge is 0.491 e. The second-order valence-electron chi connectivity index (χ2n) is 11.6. The number of fused-ring (bicyclic) bond motifs is 1. The van der Waals surface area contributed by atoms with Crippen LogP contribution >= 0.6 is 11.6 Å². The van der Waals surface area contributed by atoms with E-state index in [2.05, 4.69) is 11.0 Å². The standard InChI is InChI=1S/C31H37ClFN3O5/c1-19-15-21(5-12-27(19)41-14-13-36-28(37)18-34(2)31(36)40)17-35(16-20-3-6-22(7-4-20)30(38)39)26-11-9-24-23(26)8-10-25(32)29(24)33/h5,8,10,12,15,20,22,26H,3-4,6-7,9,11,13-14,16-18H2,1-2H3,(H,38,39)/t20-,22-,26-/m0/s1. The summed E-state index contributed by atoms with van der Waals surface area (Å²) in [5.41, 5.74) is 3.73. The Morgan fingerprint density at radius 1 is 1.15 bits per heavy atom. The van der Waals surface area contributed by atoms with Crippen molar-refractivity contribution < 1.29 is 28.6 Å². The van der Waals surface area contributed by atoms with Crippen LogP contribution in [0, 0.1) is 24.6 Å². The molecule has 1 N–H and O–H groups in total. The van der Waals surface area contributed by atoms with Crippen molar-refractivity contribution in [2.45, 2.75) is 58.0 Å². The van der Waals surface area contributed by atoms with Crippen molar-refractivity contribution in [1.29, 1.82) is 0 Å². The Kier molecular flexibility index (Phi) is 8.85. The Balaban J connectivity index is 1.28. The van der Waals surface area contributed by atoms with Crippen molar-refractivity contribution in [2.75, 3.05) is 33.3 Å². The van der Waals surface area contributed by atoms with Crippen molar-refractivity contribution in [3.8, 4) is 5.75 Å². The fourth-order valence-electron chi connectivity index (χ4n) is 6.56. The van der Waals surface area contributed by atoms with Gasteiger partial charge in [-0.3, -0.25) is 19.4 Å². The number of carbonyl (C=O) groups excluding carboxylic acids is 2. The van der Waals surface area contributed by atoms with Gasteiger partial charge in [0.1, 0.15) is 24.7 Å². The van der Waals surface area contributed by atoms with Crippen LogP contribution in [-0.4, -0.2) is 71.0 Å². The lowest BCUT2D eigenvalue weighted by Gasteiger charge is -2.35. The molecular weight excluding hydrogens is 549 g/mol. The highest BCUT2D eigenvalue weighted by molar-refractivity contribution is 6.30. The van der Waals surface area contributed by atoms with Crippen molar-refractivity contribution in [1.82, 2.24) is 14.7 Å². The van der Waals surface area contributed by atoms with Gasteiger partial charge in [0.05, 0.1) is 17.5 Å². The highest BCUT2D eigenvalue weighted by Gasteiger charge is 2.35. The number of carboxylic acid groups (broad SMARTS) is 1. The number of imide groups is 1. The summed E-state index contributed by atoms with van der Waals surface area (Å²) in [6.45, 7) is 3.95. The Hall–Kier alpha value is -3.17. The summed E-state index contributed by atoms with van der Waals surface area (Å²) in [4.78, 5) is 40.6. The van der Waals surface area contributed by atoms with Crippen LogP contribution in [0.15, 0.2) is 30.3 Å². The van der Waals surface area contributed by atoms with Gasteiger partial charge in [-0.05, 0) is 85.8 Å². The number of ether oxygens (including phenoxy) is 1. The van der Waals surface area contributed by atoms with Gasteiger partial charge < -0.3 is 14.7 Å². The Morgan fingerprint density at radius 3 is 2.56 bits per heavy atom. The van der Waals surface area contributed by atoms with Gasteiger partial charge in [-0.2, -0.15) is 0 Å². The van der Waals surface area contributed by atoms with E-state index in [1.54, 1.807) is 13.1 Å². The van der Waals surface area contributed by atoms with Crippen LogP contribution in [0.2, 0.25) is 5.02 Å². The van der Waals surface area contributed by atoms with Gasteiger partial charge in [0.25, 0.3) is 0 Å². The number of hydrogen-bond donors (Lipinski definition) is 1. The van der Waals surface area contributed by atoms with Crippen LogP contribution in [0.5, 0.6) is 5.75 Å². The number of amides is 3. The Labute approximate surface area is 245 Å². The molecule has 220 valence electrons. The minimum absolute atomic E-state index is 0.0545. The van der Waals surface area contributed by atoms with E-state index in [4.69, 9.17) is 16.3 Å². The summed E-state index contributed by atoms with van der Waals surface area (Å²) in [7, 11) is 1.60. The van der Waals surface area contributed by atoms with Crippen LogP contribution in [0.25, 0.3) is 0 Å². The average Bonchev–Trinajstić information content (AvgIpc) is 3.48. The maximum absolute atomic E-state index is 14.8. The number of rotatable bonds is 10. The summed E-state index contributed by atoms with van der Waals surface area (Å²) in [5, 5.41) is 9.57. The lowest BCUT2D eigenvalue weighted by atomic mass is 9.81. The number of aryl methyl sites for hydroxylation is 1. The molecule has 2 aromatic carbocycles. The zero-order valence-corrected chi connectivity index (χ0v) is 24.3. The van der Waals surface area contributed by atoms with E-state index in [1.807, 2.05) is 25.1 Å². The number of aliphatic carboxylic acids is 1. The number of hydrogen-bond acceptors (Lipinski definition) is 5. The van der Waals surface area contributed by atoms with Crippen molar-refractivity contribution >= 4 is 29.5 Å². The summed E-state index contributed by atoms with van der Waals surface area (Å²) in [6, 6.07) is 9.36. The molecule has 1 atom stereocenters. The first-order chi connectivity index (χ1) is 19.6. The fraction of sp³-hybridized carbons (Fsp3) is 0.516. The molecular formula is C31H37ClFN3O5. The average molecular weight is 586 g/mol. The lowest BCUT2D eigenvalue weighted by molar-refractivity contribution is -0.143. The monoisotopic (exact) mass is 585 g/mol. The highest BCUT2D eigenvalue weighted by atomic mass is 35.5. The molecule has 1 saturated carbocycles. The van der Waals surface area contributed by atoms with Gasteiger partial charge in [0, 0.05) is 26.2 Å². The second-order valence-corrected chi connectivity index (χ2v) is 12.0. The van der Waals surface area contributed by atoms with E-state index < -0.39 is 5.97 Å². The summed E-state index contributed by atoms with van der Waals surface area (Å²) < 4.78 is 20.8. The molecule has 0 spiro atoms. The molecule has 0 aromatic heterocycles. The number of likely N-dealkylation sites (N-methyl/N-ethyl adjacent to an activating group) is 1. The van der Waals surface area contributed by atoms with E-state index >= 15 is 0 Å². The molecule has 2 aliphatic carbocycles. The smallest absolute Gasteiger partial charge is 0.327 e. The maximum atomic E-state index is 14.8. The number of carbonyl (C=O) groups is 3. The molecule has 3 aliphatic rings. The Morgan fingerprint density at radius 2 is 1.90 bits per heavy atom. The SMILES string of the molecule is Cc1cc(CN(C[C@H]2CC[C@H](C(=O)O)CC2)[C@H]2CCc3c2ccc(Cl)c3F)ccc1OCCN1C(=O)CN(C)C1=O. The predicted octanol–water partition coefficient (Wildman–Crippen LogP) is 5.44. The van der Waals surface area contributed by atoms with E-state index in [-0.39, 0.29) is 54.4 Å². The van der Waals surface area contributed by atoms with E-state index in [0.717, 1.165) is 42.5 Å². The first kappa shape index (κ1) is 29.3. The molecule has 0 radical (unpaired) electrons. The zero-order valence-electron chi connectivity index (χ0n) is 23.6. The molecule has 0 bridgehead atoms. The number of halogens is 2. The molecule has 1 aliphatic heterocycles. The van der Waals surface area contributed by atoms with Gasteiger partial charge >= 0.3 is 12.0 Å². The highest BCUT2D eigenvalue weighted by Crippen LogP contribution is 2.41. The van der Waals surface area contributed by atoms with Crippen molar-refractivity contribution in [3.05, 3.63) is 63.4 Å². The van der Waals surface area contributed by atoms with E-state index in [0.29, 0.717) is 43.0 Å². The molecule has 0 unspecified atom stereocenters. The van der Waals surface area contributed by atoms with Gasteiger partial charge in [0.15, 0.2) is 0 Å². The van der Waals surface area contributed by atoms with Crippen LogP contribution in [0.3, 0.4) is 0 Å². The third-order valence-corrected chi connectivity index (χ3v) is 9.11. The zero-order chi connectivity index (χ0) is 29.3. The third kappa shape index (κ3) is 6.36. The third-order valence-electron chi connectivity index (χ3n) is 8.82. The molecule has 2 fully saturated rings. The van der Waals surface area contributed by atoms with Crippen LogP contribution < -0.4 is 4.74 Å². The van der Waals surface area contributed by atoms with Crippen LogP contribution in [-0.2, 0) is 22.6 Å². The number of nitrogens with zero attached hydrogens (tertiary/aromatic N) is 3.